The van der Waals surface area contributed by atoms with Gasteiger partial charge in [0.2, 0.25) is 18.6 Å². The number of rotatable bonds is 7. The second kappa shape index (κ2) is 10.8. The molecule has 9 nitrogen and oxygen atoms in total. The van der Waals surface area contributed by atoms with Crippen molar-refractivity contribution in [3.8, 4) is 11.5 Å². The lowest BCUT2D eigenvalue weighted by atomic mass is 9.93. The summed E-state index contributed by atoms with van der Waals surface area (Å²) >= 11 is 0. The molecule has 1 fully saturated rings. The Morgan fingerprint density at radius 1 is 1.00 bits per heavy atom. The van der Waals surface area contributed by atoms with Gasteiger partial charge in [-0.2, -0.15) is 0 Å². The third-order valence-electron chi connectivity index (χ3n) is 7.55. The van der Waals surface area contributed by atoms with Crippen molar-refractivity contribution in [2.75, 3.05) is 11.7 Å². The lowest BCUT2D eigenvalue weighted by Gasteiger charge is -2.34. The molecule has 39 heavy (non-hydrogen) atoms. The molecule has 0 saturated heterocycles. The molecular formula is C30H31N5O4. The minimum Gasteiger partial charge on any atom is -0.454 e. The van der Waals surface area contributed by atoms with Gasteiger partial charge in [0, 0.05) is 17.8 Å². The van der Waals surface area contributed by atoms with Crippen molar-refractivity contribution < 1.29 is 19.1 Å². The molecule has 0 unspecified atom stereocenters. The Morgan fingerprint density at radius 2 is 1.77 bits per heavy atom. The number of carbonyl (C=O) groups is 2. The van der Waals surface area contributed by atoms with Crippen molar-refractivity contribution in [3.63, 3.8) is 0 Å². The predicted molar refractivity (Wildman–Crippen MR) is 147 cm³/mol. The molecule has 0 bridgehead atoms. The standard InChI is InChI=1S/C30H31N5O4/c1-20-9-5-6-12-23(20)29(30(37)31-21-10-3-2-4-11-21)35(22-15-16-26-27(17-22)39-19-38-26)28(36)18-34-25-14-8-7-13-24(25)32-33-34/h5-9,12-17,21,29H,2-4,10-11,18-19H2,1H3,(H,31,37)/t29-/m1/s1. The van der Waals surface area contributed by atoms with E-state index in [-0.39, 0.29) is 31.2 Å². The van der Waals surface area contributed by atoms with Crippen LogP contribution in [0.25, 0.3) is 11.0 Å². The molecule has 1 N–H and O–H groups in total. The van der Waals surface area contributed by atoms with E-state index in [1.165, 1.54) is 6.42 Å². The predicted octanol–water partition coefficient (Wildman–Crippen LogP) is 4.69. The number of hydrogen-bond acceptors (Lipinski definition) is 6. The number of nitrogens with zero attached hydrogens (tertiary/aromatic N) is 4. The molecule has 2 aliphatic rings. The first-order valence-corrected chi connectivity index (χ1v) is 13.4. The molecule has 9 heteroatoms. The zero-order valence-corrected chi connectivity index (χ0v) is 21.9. The van der Waals surface area contributed by atoms with Crippen LogP contribution in [0.5, 0.6) is 11.5 Å². The van der Waals surface area contributed by atoms with Gasteiger partial charge in [0.05, 0.1) is 5.52 Å². The molecule has 2 heterocycles. The lowest BCUT2D eigenvalue weighted by molar-refractivity contribution is -0.127. The van der Waals surface area contributed by atoms with E-state index in [2.05, 4.69) is 15.6 Å². The maximum Gasteiger partial charge on any atom is 0.249 e. The van der Waals surface area contributed by atoms with Crippen LogP contribution in [0.15, 0.2) is 66.7 Å². The van der Waals surface area contributed by atoms with E-state index in [1.807, 2.05) is 55.5 Å². The van der Waals surface area contributed by atoms with Gasteiger partial charge in [-0.25, -0.2) is 4.68 Å². The van der Waals surface area contributed by atoms with E-state index in [4.69, 9.17) is 9.47 Å². The number of aryl methyl sites for hydroxylation is 1. The normalized spacial score (nSPS) is 15.7. The van der Waals surface area contributed by atoms with Crippen LogP contribution in [0.1, 0.15) is 49.3 Å². The number of carbonyl (C=O) groups excluding carboxylic acids is 2. The van der Waals surface area contributed by atoms with E-state index in [1.54, 1.807) is 27.8 Å². The van der Waals surface area contributed by atoms with E-state index in [0.29, 0.717) is 22.7 Å². The molecule has 3 aromatic carbocycles. The lowest BCUT2D eigenvalue weighted by Crippen LogP contribution is -2.48. The number of nitrogens with one attached hydrogen (secondary N) is 1. The average molecular weight is 526 g/mol. The zero-order valence-electron chi connectivity index (χ0n) is 21.9. The number of anilines is 1. The van der Waals surface area contributed by atoms with Gasteiger partial charge in [-0.3, -0.25) is 14.5 Å². The second-order valence-corrected chi connectivity index (χ2v) is 10.1. The monoisotopic (exact) mass is 525 g/mol. The molecule has 0 spiro atoms. The summed E-state index contributed by atoms with van der Waals surface area (Å²) in [6, 6.07) is 19.7. The number of benzene rings is 3. The van der Waals surface area contributed by atoms with Gasteiger partial charge < -0.3 is 14.8 Å². The zero-order chi connectivity index (χ0) is 26.8. The van der Waals surface area contributed by atoms with E-state index in [0.717, 1.165) is 42.3 Å². The van der Waals surface area contributed by atoms with Crippen molar-refractivity contribution in [3.05, 3.63) is 77.9 Å². The molecule has 1 aliphatic carbocycles. The third-order valence-corrected chi connectivity index (χ3v) is 7.55. The maximum absolute atomic E-state index is 14.3. The van der Waals surface area contributed by atoms with E-state index < -0.39 is 6.04 Å². The highest BCUT2D eigenvalue weighted by Crippen LogP contribution is 2.39. The average Bonchev–Trinajstić information content (AvgIpc) is 3.59. The minimum atomic E-state index is -0.893. The Hall–Kier alpha value is -4.40. The van der Waals surface area contributed by atoms with Gasteiger partial charge in [-0.15, -0.1) is 5.10 Å². The second-order valence-electron chi connectivity index (χ2n) is 10.1. The van der Waals surface area contributed by atoms with Crippen LogP contribution < -0.4 is 19.7 Å². The molecule has 1 atom stereocenters. The number of hydrogen-bond donors (Lipinski definition) is 1. The maximum atomic E-state index is 14.3. The number of ether oxygens (including phenoxy) is 2. The third kappa shape index (κ3) is 5.04. The topological polar surface area (TPSA) is 98.6 Å². The molecule has 2 amide bonds. The fourth-order valence-electron chi connectivity index (χ4n) is 5.53. The number of amides is 2. The summed E-state index contributed by atoms with van der Waals surface area (Å²) < 4.78 is 12.7. The SMILES string of the molecule is Cc1ccccc1[C@H](C(=O)NC1CCCCC1)N(C(=O)Cn1nnc2ccccc21)c1ccc2c(c1)OCO2. The number of aromatic nitrogens is 3. The number of para-hydroxylation sites is 1. The van der Waals surface area contributed by atoms with Crippen LogP contribution in [0.3, 0.4) is 0 Å². The molecule has 4 aromatic rings. The fourth-order valence-corrected chi connectivity index (χ4v) is 5.53. The van der Waals surface area contributed by atoms with E-state index in [9.17, 15) is 9.59 Å². The van der Waals surface area contributed by atoms with Crippen molar-refractivity contribution in [2.45, 2.75) is 57.7 Å². The Balaban J connectivity index is 1.43. The van der Waals surface area contributed by atoms with Crippen LogP contribution in [0, 0.1) is 6.92 Å². The summed E-state index contributed by atoms with van der Waals surface area (Å²) in [5.74, 6) is 0.641. The minimum absolute atomic E-state index is 0.0886. The summed E-state index contributed by atoms with van der Waals surface area (Å²) in [6.07, 6.45) is 5.24. The van der Waals surface area contributed by atoms with Crippen molar-refractivity contribution in [2.24, 2.45) is 0 Å². The summed E-state index contributed by atoms with van der Waals surface area (Å²) in [4.78, 5) is 30.0. The smallest absolute Gasteiger partial charge is 0.249 e. The quantitative estimate of drug-likeness (QED) is 0.376. The Bertz CT molecular complexity index is 1510. The van der Waals surface area contributed by atoms with Crippen LogP contribution in [0.2, 0.25) is 0 Å². The van der Waals surface area contributed by atoms with Gasteiger partial charge in [-0.1, -0.05) is 60.9 Å². The first-order valence-electron chi connectivity index (χ1n) is 13.4. The molecule has 200 valence electrons. The van der Waals surface area contributed by atoms with Gasteiger partial charge in [0.25, 0.3) is 0 Å². The van der Waals surface area contributed by atoms with Crippen molar-refractivity contribution in [1.29, 1.82) is 0 Å². The van der Waals surface area contributed by atoms with Crippen molar-refractivity contribution >= 4 is 28.5 Å². The Morgan fingerprint density at radius 3 is 2.62 bits per heavy atom. The first-order chi connectivity index (χ1) is 19.1. The molecule has 0 radical (unpaired) electrons. The van der Waals surface area contributed by atoms with Crippen LogP contribution in [-0.2, 0) is 16.1 Å². The Kier molecular flexibility index (Phi) is 6.87. The molecule has 6 rings (SSSR count). The highest BCUT2D eigenvalue weighted by atomic mass is 16.7. The van der Waals surface area contributed by atoms with Crippen molar-refractivity contribution in [1.82, 2.24) is 20.3 Å². The van der Waals surface area contributed by atoms with E-state index >= 15 is 0 Å². The molecule has 1 aliphatic heterocycles. The number of fused-ring (bicyclic) bond motifs is 2. The highest BCUT2D eigenvalue weighted by molar-refractivity contribution is 6.02. The summed E-state index contributed by atoms with van der Waals surface area (Å²) in [5.41, 5.74) is 3.67. The highest BCUT2D eigenvalue weighted by Gasteiger charge is 2.36. The van der Waals surface area contributed by atoms with Crippen LogP contribution >= 0.6 is 0 Å². The molecular weight excluding hydrogens is 494 g/mol. The summed E-state index contributed by atoms with van der Waals surface area (Å²) in [6.45, 7) is 1.98. The van der Waals surface area contributed by atoms with Gasteiger partial charge in [0.1, 0.15) is 18.1 Å². The first kappa shape index (κ1) is 24.9. The van der Waals surface area contributed by atoms with Gasteiger partial charge >= 0.3 is 0 Å². The fraction of sp³-hybridized carbons (Fsp3) is 0.333. The molecule has 1 saturated carbocycles. The largest absolute Gasteiger partial charge is 0.454 e. The molecule has 1 aromatic heterocycles. The van der Waals surface area contributed by atoms with Gasteiger partial charge in [0.15, 0.2) is 11.5 Å². The summed E-state index contributed by atoms with van der Waals surface area (Å²) in [5, 5.41) is 11.7. The summed E-state index contributed by atoms with van der Waals surface area (Å²) in [7, 11) is 0. The van der Waals surface area contributed by atoms with Crippen LogP contribution in [-0.4, -0.2) is 39.6 Å². The Labute approximate surface area is 226 Å². The van der Waals surface area contributed by atoms with Crippen LogP contribution in [0.4, 0.5) is 5.69 Å². The van der Waals surface area contributed by atoms with Gasteiger partial charge in [-0.05, 0) is 55.2 Å².